The Morgan fingerprint density at radius 1 is 1.48 bits per heavy atom. The van der Waals surface area contributed by atoms with Crippen molar-refractivity contribution in [3.05, 3.63) is 46.9 Å². The van der Waals surface area contributed by atoms with Crippen molar-refractivity contribution in [2.24, 2.45) is 5.73 Å². The lowest BCUT2D eigenvalue weighted by Gasteiger charge is -2.10. The molecule has 3 rings (SSSR count). The summed E-state index contributed by atoms with van der Waals surface area (Å²) in [4.78, 5) is 5.36. The third-order valence-electron chi connectivity index (χ3n) is 3.18. The highest BCUT2D eigenvalue weighted by atomic mass is 32.1. The highest BCUT2D eigenvalue weighted by Crippen LogP contribution is 2.30. The Hall–Kier alpha value is -1.92. The smallest absolute Gasteiger partial charge is 0.242 e. The van der Waals surface area contributed by atoms with Crippen molar-refractivity contribution >= 4 is 16.3 Å². The second-order valence-corrected chi connectivity index (χ2v) is 5.99. The van der Waals surface area contributed by atoms with E-state index in [4.69, 9.17) is 10.5 Å². The molecule has 0 saturated heterocycles. The van der Waals surface area contributed by atoms with Gasteiger partial charge in [0, 0.05) is 24.0 Å². The van der Waals surface area contributed by atoms with Crippen LogP contribution < -0.4 is 10.5 Å². The van der Waals surface area contributed by atoms with Crippen molar-refractivity contribution in [2.75, 3.05) is 0 Å². The summed E-state index contributed by atoms with van der Waals surface area (Å²) in [5, 5.41) is 1.97. The lowest BCUT2D eigenvalue weighted by molar-refractivity contribution is 0.451. The fourth-order valence-electron chi connectivity index (χ4n) is 2.22. The van der Waals surface area contributed by atoms with E-state index in [1.165, 1.54) is 23.5 Å². The van der Waals surface area contributed by atoms with Gasteiger partial charge in [-0.15, -0.1) is 11.3 Å². The average molecular weight is 305 g/mol. The summed E-state index contributed by atoms with van der Waals surface area (Å²) in [5.74, 6) is 0.864. The molecule has 0 aliphatic rings. The molecule has 2 aromatic heterocycles. The molecule has 0 bridgehead atoms. The minimum atomic E-state index is -0.276. The number of thiazole rings is 1. The van der Waals surface area contributed by atoms with Gasteiger partial charge in [0.05, 0.1) is 5.69 Å². The molecule has 0 spiro atoms. The van der Waals surface area contributed by atoms with Crippen molar-refractivity contribution in [1.82, 2.24) is 9.38 Å². The minimum Gasteiger partial charge on any atom is -0.437 e. The van der Waals surface area contributed by atoms with Crippen LogP contribution in [0.25, 0.3) is 4.96 Å². The van der Waals surface area contributed by atoms with Crippen LogP contribution in [0.15, 0.2) is 29.8 Å². The average Bonchev–Trinajstić information content (AvgIpc) is 2.96. The molecule has 0 fully saturated rings. The van der Waals surface area contributed by atoms with Gasteiger partial charge in [-0.25, -0.2) is 4.39 Å². The first-order chi connectivity index (χ1) is 10.0. The largest absolute Gasteiger partial charge is 0.437 e. The molecule has 0 saturated carbocycles. The van der Waals surface area contributed by atoms with Crippen LogP contribution in [0.4, 0.5) is 4.39 Å². The van der Waals surface area contributed by atoms with E-state index >= 15 is 0 Å². The van der Waals surface area contributed by atoms with Crippen molar-refractivity contribution in [3.8, 4) is 11.6 Å². The van der Waals surface area contributed by atoms with Gasteiger partial charge in [0.15, 0.2) is 4.96 Å². The first-order valence-corrected chi connectivity index (χ1v) is 7.56. The number of fused-ring (bicyclic) bond motifs is 1. The standard InChI is InChI=1S/C15H16FN3OS/c1-9-7-11(16)3-4-13(9)20-14-12(8-10(2)17)19-5-6-21-15(19)18-14/h3-7,10H,8,17H2,1-2H3. The van der Waals surface area contributed by atoms with Crippen molar-refractivity contribution in [2.45, 2.75) is 26.3 Å². The monoisotopic (exact) mass is 305 g/mol. The van der Waals surface area contributed by atoms with E-state index in [0.717, 1.165) is 16.2 Å². The normalized spacial score (nSPS) is 12.8. The number of rotatable bonds is 4. The van der Waals surface area contributed by atoms with Crippen molar-refractivity contribution in [1.29, 1.82) is 0 Å². The highest BCUT2D eigenvalue weighted by Gasteiger charge is 2.17. The summed E-state index contributed by atoms with van der Waals surface area (Å²) in [6, 6.07) is 4.44. The van der Waals surface area contributed by atoms with E-state index in [1.807, 2.05) is 29.8 Å². The Bertz CT molecular complexity index is 778. The molecule has 6 heteroatoms. The van der Waals surface area contributed by atoms with E-state index in [1.54, 1.807) is 6.07 Å². The van der Waals surface area contributed by atoms with Gasteiger partial charge in [-0.3, -0.25) is 4.40 Å². The zero-order valence-corrected chi connectivity index (χ0v) is 12.7. The number of halogens is 1. The Kier molecular flexibility index (Phi) is 3.65. The first kappa shape index (κ1) is 14.0. The molecule has 2 N–H and O–H groups in total. The number of aryl methyl sites for hydroxylation is 1. The minimum absolute atomic E-state index is 0.00136. The Labute approximate surface area is 126 Å². The summed E-state index contributed by atoms with van der Waals surface area (Å²) >= 11 is 1.54. The number of imidazole rings is 1. The van der Waals surface area contributed by atoms with Gasteiger partial charge >= 0.3 is 0 Å². The van der Waals surface area contributed by atoms with Crippen LogP contribution in [0.5, 0.6) is 11.6 Å². The number of benzene rings is 1. The molecule has 0 amide bonds. The van der Waals surface area contributed by atoms with Gasteiger partial charge < -0.3 is 10.5 Å². The van der Waals surface area contributed by atoms with E-state index in [9.17, 15) is 4.39 Å². The van der Waals surface area contributed by atoms with Gasteiger partial charge in [0.2, 0.25) is 5.88 Å². The third kappa shape index (κ3) is 2.77. The zero-order chi connectivity index (χ0) is 15.0. The summed E-state index contributed by atoms with van der Waals surface area (Å²) in [5.41, 5.74) is 7.58. The fraction of sp³-hybridized carbons (Fsp3) is 0.267. The van der Waals surface area contributed by atoms with Crippen LogP contribution >= 0.6 is 11.3 Å². The molecule has 110 valence electrons. The second-order valence-electron chi connectivity index (χ2n) is 5.11. The van der Waals surface area contributed by atoms with Gasteiger partial charge in [0.25, 0.3) is 0 Å². The Balaban J connectivity index is 2.01. The molecule has 1 unspecified atom stereocenters. The SMILES string of the molecule is Cc1cc(F)ccc1Oc1nc2sccn2c1CC(C)N. The molecule has 3 aromatic rings. The van der Waals surface area contributed by atoms with Crippen LogP contribution in [-0.2, 0) is 6.42 Å². The molecule has 1 aromatic carbocycles. The van der Waals surface area contributed by atoms with Gasteiger partial charge in [-0.2, -0.15) is 4.98 Å². The predicted octanol–water partition coefficient (Wildman–Crippen LogP) is 3.53. The molecular weight excluding hydrogens is 289 g/mol. The van der Waals surface area contributed by atoms with E-state index in [-0.39, 0.29) is 11.9 Å². The van der Waals surface area contributed by atoms with Crippen LogP contribution in [0, 0.1) is 12.7 Å². The van der Waals surface area contributed by atoms with Gasteiger partial charge in [-0.1, -0.05) is 0 Å². The fourth-order valence-corrected chi connectivity index (χ4v) is 2.94. The predicted molar refractivity (Wildman–Crippen MR) is 81.6 cm³/mol. The lowest BCUT2D eigenvalue weighted by atomic mass is 10.2. The summed E-state index contributed by atoms with van der Waals surface area (Å²) in [6.07, 6.45) is 2.61. The third-order valence-corrected chi connectivity index (χ3v) is 3.94. The quantitative estimate of drug-likeness (QED) is 0.802. The van der Waals surface area contributed by atoms with Crippen LogP contribution in [0.3, 0.4) is 0 Å². The van der Waals surface area contributed by atoms with Gasteiger partial charge in [-0.05, 0) is 37.6 Å². The highest BCUT2D eigenvalue weighted by molar-refractivity contribution is 7.15. The Morgan fingerprint density at radius 3 is 3.00 bits per heavy atom. The Morgan fingerprint density at radius 2 is 2.29 bits per heavy atom. The maximum atomic E-state index is 13.2. The van der Waals surface area contributed by atoms with Crippen molar-refractivity contribution in [3.63, 3.8) is 0 Å². The zero-order valence-electron chi connectivity index (χ0n) is 11.8. The number of ether oxygens (including phenoxy) is 1. The maximum absolute atomic E-state index is 13.2. The number of aromatic nitrogens is 2. The molecular formula is C15H16FN3OS. The van der Waals surface area contributed by atoms with E-state index in [0.29, 0.717) is 18.1 Å². The molecule has 21 heavy (non-hydrogen) atoms. The summed E-state index contributed by atoms with van der Waals surface area (Å²) in [7, 11) is 0. The lowest BCUT2D eigenvalue weighted by Crippen LogP contribution is -2.19. The second kappa shape index (κ2) is 5.46. The number of hydrogen-bond donors (Lipinski definition) is 1. The molecule has 1 atom stereocenters. The maximum Gasteiger partial charge on any atom is 0.242 e. The first-order valence-electron chi connectivity index (χ1n) is 6.68. The summed E-state index contributed by atoms with van der Waals surface area (Å²) in [6.45, 7) is 3.75. The molecule has 0 radical (unpaired) electrons. The molecule has 0 aliphatic heterocycles. The van der Waals surface area contributed by atoms with Gasteiger partial charge in [0.1, 0.15) is 11.6 Å². The van der Waals surface area contributed by atoms with Crippen LogP contribution in [-0.4, -0.2) is 15.4 Å². The molecule has 4 nitrogen and oxygen atoms in total. The van der Waals surface area contributed by atoms with Crippen LogP contribution in [0.1, 0.15) is 18.2 Å². The summed E-state index contributed by atoms with van der Waals surface area (Å²) < 4.78 is 21.0. The van der Waals surface area contributed by atoms with Crippen molar-refractivity contribution < 1.29 is 9.13 Å². The molecule has 2 heterocycles. The number of nitrogens with zero attached hydrogens (tertiary/aromatic N) is 2. The number of hydrogen-bond acceptors (Lipinski definition) is 4. The molecule has 0 aliphatic carbocycles. The topological polar surface area (TPSA) is 52.5 Å². The number of nitrogens with two attached hydrogens (primary N) is 1. The van der Waals surface area contributed by atoms with E-state index < -0.39 is 0 Å². The van der Waals surface area contributed by atoms with E-state index in [2.05, 4.69) is 4.98 Å². The van der Waals surface area contributed by atoms with Crippen LogP contribution in [0.2, 0.25) is 0 Å².